The summed E-state index contributed by atoms with van der Waals surface area (Å²) in [6.45, 7) is 5.31. The molecule has 3 heteroatoms. The summed E-state index contributed by atoms with van der Waals surface area (Å²) in [5, 5.41) is 4.27. The van der Waals surface area contributed by atoms with E-state index >= 15 is 0 Å². The third-order valence-corrected chi connectivity index (χ3v) is 4.58. The lowest BCUT2D eigenvalue weighted by Crippen LogP contribution is -2.31. The maximum absolute atomic E-state index is 5.72. The largest absolute Gasteiger partial charge is 0.494 e. The fourth-order valence-electron chi connectivity index (χ4n) is 2.10. The first-order valence-electron chi connectivity index (χ1n) is 6.86. The molecule has 1 aliphatic heterocycles. The van der Waals surface area contributed by atoms with Crippen LogP contribution in [0.25, 0.3) is 0 Å². The van der Waals surface area contributed by atoms with Gasteiger partial charge in [0.05, 0.1) is 6.61 Å². The van der Waals surface area contributed by atoms with Crippen LogP contribution in [-0.2, 0) is 0 Å². The van der Waals surface area contributed by atoms with E-state index in [2.05, 4.69) is 36.1 Å². The molecule has 1 saturated heterocycles. The van der Waals surface area contributed by atoms with E-state index in [-0.39, 0.29) is 0 Å². The van der Waals surface area contributed by atoms with Gasteiger partial charge >= 0.3 is 0 Å². The first kappa shape index (κ1) is 13.8. The lowest BCUT2D eigenvalue weighted by atomic mass is 10.2. The number of nitrogens with one attached hydrogen (secondary N) is 1. The van der Waals surface area contributed by atoms with Gasteiger partial charge in [0.25, 0.3) is 0 Å². The van der Waals surface area contributed by atoms with Crippen molar-refractivity contribution in [2.75, 3.05) is 25.4 Å². The van der Waals surface area contributed by atoms with Crippen LogP contribution >= 0.6 is 11.8 Å². The molecule has 1 fully saturated rings. The Morgan fingerprint density at radius 2 is 2.17 bits per heavy atom. The van der Waals surface area contributed by atoms with Crippen LogP contribution in [0, 0.1) is 6.92 Å². The van der Waals surface area contributed by atoms with Gasteiger partial charge < -0.3 is 10.1 Å². The first-order chi connectivity index (χ1) is 8.84. The molecule has 18 heavy (non-hydrogen) atoms. The molecule has 0 aliphatic carbocycles. The van der Waals surface area contributed by atoms with Gasteiger partial charge in [-0.25, -0.2) is 0 Å². The highest BCUT2D eigenvalue weighted by Gasteiger charge is 2.12. The van der Waals surface area contributed by atoms with Gasteiger partial charge in [0.2, 0.25) is 0 Å². The number of benzene rings is 1. The highest BCUT2D eigenvalue weighted by molar-refractivity contribution is 7.99. The zero-order valence-electron chi connectivity index (χ0n) is 11.2. The van der Waals surface area contributed by atoms with E-state index in [1.54, 1.807) is 0 Å². The van der Waals surface area contributed by atoms with Crippen LogP contribution in [0.4, 0.5) is 0 Å². The van der Waals surface area contributed by atoms with Gasteiger partial charge in [-0.3, -0.25) is 0 Å². The summed E-state index contributed by atoms with van der Waals surface area (Å²) < 4.78 is 5.72. The Labute approximate surface area is 114 Å². The summed E-state index contributed by atoms with van der Waals surface area (Å²) in [7, 11) is 0. The molecule has 0 radical (unpaired) electrons. The van der Waals surface area contributed by atoms with Gasteiger partial charge in [-0.1, -0.05) is 17.7 Å². The molecule has 1 aromatic rings. The molecule has 1 atom stereocenters. The van der Waals surface area contributed by atoms with Crippen LogP contribution in [0.15, 0.2) is 24.3 Å². The smallest absolute Gasteiger partial charge is 0.119 e. The lowest BCUT2D eigenvalue weighted by molar-refractivity contribution is 0.318. The minimum Gasteiger partial charge on any atom is -0.494 e. The lowest BCUT2D eigenvalue weighted by Gasteiger charge is -2.22. The molecule has 0 aromatic heterocycles. The Bertz CT molecular complexity index is 333. The van der Waals surface area contributed by atoms with E-state index in [0.29, 0.717) is 0 Å². The van der Waals surface area contributed by atoms with Gasteiger partial charge in [-0.2, -0.15) is 11.8 Å². The van der Waals surface area contributed by atoms with Crippen molar-refractivity contribution < 1.29 is 4.74 Å². The zero-order chi connectivity index (χ0) is 12.6. The van der Waals surface area contributed by atoms with E-state index in [1.165, 1.54) is 37.2 Å². The molecular formula is C15H23NOS. The van der Waals surface area contributed by atoms with Crippen molar-refractivity contribution in [1.82, 2.24) is 5.32 Å². The van der Waals surface area contributed by atoms with Gasteiger partial charge in [-0.15, -0.1) is 0 Å². The summed E-state index contributed by atoms with van der Waals surface area (Å²) in [5.74, 6) is 2.20. The Balaban J connectivity index is 1.54. The number of hydrogen-bond acceptors (Lipinski definition) is 3. The summed E-state index contributed by atoms with van der Waals surface area (Å²) >= 11 is 2.09. The standard InChI is InChI=1S/C15H23NOS/c1-13-5-7-14(8-6-13)17-10-3-11-18-15-4-2-9-16-12-15/h5-8,15-16H,2-4,9-12H2,1H3. The zero-order valence-corrected chi connectivity index (χ0v) is 12.0. The van der Waals surface area contributed by atoms with E-state index in [4.69, 9.17) is 4.74 Å². The Morgan fingerprint density at radius 3 is 2.89 bits per heavy atom. The number of piperidine rings is 1. The molecule has 2 nitrogen and oxygen atoms in total. The molecule has 0 saturated carbocycles. The molecule has 100 valence electrons. The van der Waals surface area contributed by atoms with Crippen LogP contribution in [0.2, 0.25) is 0 Å². The molecule has 1 aromatic carbocycles. The van der Waals surface area contributed by atoms with Crippen LogP contribution < -0.4 is 10.1 Å². The van der Waals surface area contributed by atoms with E-state index < -0.39 is 0 Å². The number of ether oxygens (including phenoxy) is 1. The first-order valence-corrected chi connectivity index (χ1v) is 7.91. The van der Waals surface area contributed by atoms with E-state index in [9.17, 15) is 0 Å². The van der Waals surface area contributed by atoms with Crippen molar-refractivity contribution in [2.24, 2.45) is 0 Å². The van der Waals surface area contributed by atoms with Crippen molar-refractivity contribution in [3.63, 3.8) is 0 Å². The van der Waals surface area contributed by atoms with E-state index in [1.807, 2.05) is 12.1 Å². The second-order valence-electron chi connectivity index (χ2n) is 4.85. The van der Waals surface area contributed by atoms with Gasteiger partial charge in [0.1, 0.15) is 5.75 Å². The predicted octanol–water partition coefficient (Wildman–Crippen LogP) is 3.25. The van der Waals surface area contributed by atoms with E-state index in [0.717, 1.165) is 24.0 Å². The monoisotopic (exact) mass is 265 g/mol. The third-order valence-electron chi connectivity index (χ3n) is 3.18. The van der Waals surface area contributed by atoms with Crippen molar-refractivity contribution in [3.05, 3.63) is 29.8 Å². The Hall–Kier alpha value is -0.670. The number of rotatable bonds is 6. The highest BCUT2D eigenvalue weighted by atomic mass is 32.2. The maximum Gasteiger partial charge on any atom is 0.119 e. The average molecular weight is 265 g/mol. The van der Waals surface area contributed by atoms with Crippen molar-refractivity contribution in [1.29, 1.82) is 0 Å². The predicted molar refractivity (Wildman–Crippen MR) is 79.6 cm³/mol. The topological polar surface area (TPSA) is 21.3 Å². The van der Waals surface area contributed by atoms with Crippen LogP contribution in [-0.4, -0.2) is 30.7 Å². The van der Waals surface area contributed by atoms with Crippen molar-refractivity contribution >= 4 is 11.8 Å². The van der Waals surface area contributed by atoms with Gasteiger partial charge in [0, 0.05) is 11.8 Å². The van der Waals surface area contributed by atoms with Gasteiger partial charge in [-0.05, 0) is 50.6 Å². The molecular weight excluding hydrogens is 242 g/mol. The summed E-state index contributed by atoms with van der Waals surface area (Å²) in [5.41, 5.74) is 1.28. The van der Waals surface area contributed by atoms with Crippen LogP contribution in [0.3, 0.4) is 0 Å². The molecule has 0 spiro atoms. The fraction of sp³-hybridized carbons (Fsp3) is 0.600. The van der Waals surface area contributed by atoms with Crippen molar-refractivity contribution in [2.45, 2.75) is 31.4 Å². The third kappa shape index (κ3) is 4.91. The molecule has 0 bridgehead atoms. The summed E-state index contributed by atoms with van der Waals surface area (Å²) in [4.78, 5) is 0. The molecule has 2 rings (SSSR count). The second kappa shape index (κ2) is 7.70. The summed E-state index contributed by atoms with van der Waals surface area (Å²) in [6.07, 6.45) is 3.84. The molecule has 0 amide bonds. The quantitative estimate of drug-likeness (QED) is 0.798. The molecule has 1 N–H and O–H groups in total. The normalized spacial score (nSPS) is 19.7. The highest BCUT2D eigenvalue weighted by Crippen LogP contribution is 2.19. The minimum absolute atomic E-state index is 0.818. The average Bonchev–Trinajstić information content (AvgIpc) is 2.42. The fourth-order valence-corrected chi connectivity index (χ4v) is 3.28. The Morgan fingerprint density at radius 1 is 1.33 bits per heavy atom. The van der Waals surface area contributed by atoms with Gasteiger partial charge in [0.15, 0.2) is 0 Å². The summed E-state index contributed by atoms with van der Waals surface area (Å²) in [6, 6.07) is 8.29. The molecule has 1 unspecified atom stereocenters. The second-order valence-corrected chi connectivity index (χ2v) is 6.26. The Kier molecular flexibility index (Phi) is 5.88. The number of thioether (sulfide) groups is 1. The molecule has 1 aliphatic rings. The molecule has 1 heterocycles. The number of aryl methyl sites for hydroxylation is 1. The van der Waals surface area contributed by atoms with Crippen LogP contribution in [0.5, 0.6) is 5.75 Å². The van der Waals surface area contributed by atoms with Crippen molar-refractivity contribution in [3.8, 4) is 5.75 Å². The number of hydrogen-bond donors (Lipinski definition) is 1. The van der Waals surface area contributed by atoms with Crippen LogP contribution in [0.1, 0.15) is 24.8 Å². The maximum atomic E-state index is 5.72. The minimum atomic E-state index is 0.818. The SMILES string of the molecule is Cc1ccc(OCCCSC2CCCNC2)cc1.